The van der Waals surface area contributed by atoms with Gasteiger partial charge in [-0.2, -0.15) is 0 Å². The molecule has 0 aliphatic heterocycles. The maximum Gasteiger partial charge on any atom is 0.324 e. The molecule has 0 fully saturated rings. The van der Waals surface area contributed by atoms with Crippen LogP contribution in [0.2, 0.25) is 0 Å². The number of pyridine rings is 1. The van der Waals surface area contributed by atoms with Crippen LogP contribution in [0.1, 0.15) is 0 Å². The lowest BCUT2D eigenvalue weighted by Gasteiger charge is -1.99. The van der Waals surface area contributed by atoms with Crippen molar-refractivity contribution in [2.45, 2.75) is 0 Å². The van der Waals surface area contributed by atoms with Gasteiger partial charge in [0.2, 0.25) is 0 Å². The molecule has 0 aliphatic carbocycles. The van der Waals surface area contributed by atoms with E-state index in [1.807, 2.05) is 0 Å². The summed E-state index contributed by atoms with van der Waals surface area (Å²) in [5.41, 5.74) is 5.28. The van der Waals surface area contributed by atoms with Gasteiger partial charge < -0.3 is 5.73 Å². The highest BCUT2D eigenvalue weighted by Crippen LogP contribution is 2.23. The molecule has 14 heavy (non-hydrogen) atoms. The quantitative estimate of drug-likeness (QED) is 0.783. The zero-order valence-electron chi connectivity index (χ0n) is 6.87. The Balaban J connectivity index is 2.83. The second-order valence-electron chi connectivity index (χ2n) is 2.68. The molecule has 2 aromatic heterocycles. The van der Waals surface area contributed by atoms with Crippen molar-refractivity contribution in [3.63, 3.8) is 0 Å². The molecule has 2 rings (SSSR count). The minimum Gasteiger partial charge on any atom is -0.351 e. The monoisotopic (exact) mass is 257 g/mol. The number of rotatable bonds is 0. The molecular formula is C8H5BrFN3O. The first kappa shape index (κ1) is 9.14. The molecule has 0 aromatic carbocycles. The fourth-order valence-electron chi connectivity index (χ4n) is 1.21. The number of nitrogens with two attached hydrogens (primary N) is 1. The Kier molecular flexibility index (Phi) is 1.99. The van der Waals surface area contributed by atoms with Gasteiger partial charge in [0, 0.05) is 12.4 Å². The average molecular weight is 258 g/mol. The third-order valence-electron chi connectivity index (χ3n) is 1.84. The van der Waals surface area contributed by atoms with Gasteiger partial charge in [0.25, 0.3) is 0 Å². The first-order valence-electron chi connectivity index (χ1n) is 3.72. The number of carbonyl (C=O) groups excluding carboxylic acids is 1. The molecule has 0 unspecified atom stereocenters. The molecular weight excluding hydrogens is 253 g/mol. The van der Waals surface area contributed by atoms with E-state index in [2.05, 4.69) is 20.9 Å². The van der Waals surface area contributed by atoms with Crippen LogP contribution in [0.5, 0.6) is 0 Å². The van der Waals surface area contributed by atoms with Crippen molar-refractivity contribution in [3.8, 4) is 0 Å². The highest BCUT2D eigenvalue weighted by molar-refractivity contribution is 9.10. The molecule has 0 bridgehead atoms. The summed E-state index contributed by atoms with van der Waals surface area (Å²) in [6.45, 7) is 0. The van der Waals surface area contributed by atoms with E-state index in [1.165, 1.54) is 18.5 Å². The minimum absolute atomic E-state index is 0.221. The number of hydrogen-bond acceptors (Lipinski definition) is 2. The Bertz CT molecular complexity index is 523. The molecule has 1 amide bonds. The van der Waals surface area contributed by atoms with Crippen LogP contribution in [0.4, 0.5) is 9.18 Å². The van der Waals surface area contributed by atoms with Crippen LogP contribution in [0.15, 0.2) is 22.9 Å². The number of carbonyl (C=O) groups is 1. The molecule has 2 aromatic rings. The molecule has 2 N–H and O–H groups in total. The average Bonchev–Trinajstić information content (AvgIpc) is 2.55. The van der Waals surface area contributed by atoms with E-state index in [-0.39, 0.29) is 15.5 Å². The predicted molar refractivity (Wildman–Crippen MR) is 52.4 cm³/mol. The second kappa shape index (κ2) is 3.06. The number of hydrogen-bond donors (Lipinski definition) is 1. The Morgan fingerprint density at radius 2 is 2.36 bits per heavy atom. The summed E-state index contributed by atoms with van der Waals surface area (Å²) < 4.78 is 14.8. The maximum absolute atomic E-state index is 13.4. The van der Waals surface area contributed by atoms with Crippen molar-refractivity contribution in [1.29, 1.82) is 0 Å². The number of primary amides is 1. The van der Waals surface area contributed by atoms with Crippen LogP contribution >= 0.6 is 15.9 Å². The largest absolute Gasteiger partial charge is 0.351 e. The van der Waals surface area contributed by atoms with Gasteiger partial charge in [0.1, 0.15) is 5.82 Å². The number of fused-ring (bicyclic) bond motifs is 1. The number of halogens is 2. The summed E-state index contributed by atoms with van der Waals surface area (Å²) in [5.74, 6) is -0.449. The van der Waals surface area contributed by atoms with Crippen molar-refractivity contribution in [2.75, 3.05) is 0 Å². The molecule has 0 atom stereocenters. The summed E-state index contributed by atoms with van der Waals surface area (Å²) in [5, 5.41) is 0.262. The van der Waals surface area contributed by atoms with Crippen molar-refractivity contribution >= 4 is 33.0 Å². The fraction of sp³-hybridized carbons (Fsp3) is 0. The molecule has 0 spiro atoms. The fourth-order valence-corrected chi connectivity index (χ4v) is 1.52. The zero-order chi connectivity index (χ0) is 10.3. The van der Waals surface area contributed by atoms with Crippen LogP contribution in [-0.4, -0.2) is 15.6 Å². The summed E-state index contributed by atoms with van der Waals surface area (Å²) in [7, 11) is 0. The van der Waals surface area contributed by atoms with Crippen molar-refractivity contribution in [3.05, 3.63) is 28.7 Å². The van der Waals surface area contributed by atoms with Gasteiger partial charge in [0.05, 0.1) is 9.86 Å². The van der Waals surface area contributed by atoms with E-state index >= 15 is 0 Å². The molecule has 0 saturated heterocycles. The van der Waals surface area contributed by atoms with Gasteiger partial charge in [-0.1, -0.05) is 0 Å². The summed E-state index contributed by atoms with van der Waals surface area (Å²) in [4.78, 5) is 14.8. The zero-order valence-corrected chi connectivity index (χ0v) is 8.45. The van der Waals surface area contributed by atoms with Gasteiger partial charge in [-0.05, 0) is 22.0 Å². The van der Waals surface area contributed by atoms with Crippen molar-refractivity contribution in [2.24, 2.45) is 5.73 Å². The Labute approximate surface area is 86.7 Å². The molecule has 2 heterocycles. The molecule has 4 nitrogen and oxygen atoms in total. The summed E-state index contributed by atoms with van der Waals surface area (Å²) in [6, 6.07) is 0.766. The molecule has 72 valence electrons. The van der Waals surface area contributed by atoms with Crippen LogP contribution in [-0.2, 0) is 0 Å². The van der Waals surface area contributed by atoms with Crippen molar-refractivity contribution < 1.29 is 9.18 Å². The van der Waals surface area contributed by atoms with Crippen LogP contribution in [0.25, 0.3) is 11.0 Å². The summed E-state index contributed by atoms with van der Waals surface area (Å²) in [6.07, 6.45) is 2.67. The molecule has 0 aliphatic rings. The SMILES string of the molecule is NC(=O)n1ccc2c(F)c(Br)cnc21. The first-order chi connectivity index (χ1) is 6.61. The Hall–Kier alpha value is -1.43. The lowest BCUT2D eigenvalue weighted by molar-refractivity contribution is 0.251. The van der Waals surface area contributed by atoms with Crippen LogP contribution in [0.3, 0.4) is 0 Å². The number of amides is 1. The predicted octanol–water partition coefficient (Wildman–Crippen LogP) is 1.86. The minimum atomic E-state index is -0.686. The highest BCUT2D eigenvalue weighted by Gasteiger charge is 2.12. The third kappa shape index (κ3) is 1.19. The lowest BCUT2D eigenvalue weighted by Crippen LogP contribution is -2.18. The van der Waals surface area contributed by atoms with E-state index in [4.69, 9.17) is 5.73 Å². The van der Waals surface area contributed by atoms with E-state index in [9.17, 15) is 9.18 Å². The van der Waals surface area contributed by atoms with Gasteiger partial charge in [-0.15, -0.1) is 0 Å². The maximum atomic E-state index is 13.4. The van der Waals surface area contributed by atoms with Crippen LogP contribution in [0, 0.1) is 5.82 Å². The third-order valence-corrected chi connectivity index (χ3v) is 2.40. The normalized spacial score (nSPS) is 10.7. The second-order valence-corrected chi connectivity index (χ2v) is 3.54. The van der Waals surface area contributed by atoms with Gasteiger partial charge in [-0.3, -0.25) is 4.57 Å². The molecule has 0 saturated carbocycles. The Morgan fingerprint density at radius 1 is 1.64 bits per heavy atom. The first-order valence-corrected chi connectivity index (χ1v) is 4.51. The van der Waals surface area contributed by atoms with E-state index < -0.39 is 11.8 Å². The van der Waals surface area contributed by atoms with E-state index in [0.29, 0.717) is 0 Å². The van der Waals surface area contributed by atoms with Gasteiger partial charge >= 0.3 is 6.03 Å². The molecule has 6 heteroatoms. The smallest absolute Gasteiger partial charge is 0.324 e. The Morgan fingerprint density at radius 3 is 3.00 bits per heavy atom. The van der Waals surface area contributed by atoms with E-state index in [1.54, 1.807) is 0 Å². The van der Waals surface area contributed by atoms with Gasteiger partial charge in [-0.25, -0.2) is 14.2 Å². The highest BCUT2D eigenvalue weighted by atomic mass is 79.9. The topological polar surface area (TPSA) is 60.9 Å². The summed E-state index contributed by atoms with van der Waals surface area (Å²) >= 11 is 3.00. The van der Waals surface area contributed by atoms with Crippen molar-refractivity contribution in [1.82, 2.24) is 9.55 Å². The lowest BCUT2D eigenvalue weighted by atomic mass is 10.3. The van der Waals surface area contributed by atoms with Gasteiger partial charge in [0.15, 0.2) is 5.65 Å². The number of nitrogens with zero attached hydrogens (tertiary/aromatic N) is 2. The standard InChI is InChI=1S/C8H5BrFN3O/c9-5-3-12-7-4(6(5)10)1-2-13(7)8(11)14/h1-3H,(H2,11,14). The van der Waals surface area contributed by atoms with Crippen LogP contribution < -0.4 is 5.73 Å². The number of aromatic nitrogens is 2. The molecule has 0 radical (unpaired) electrons. The van der Waals surface area contributed by atoms with E-state index in [0.717, 1.165) is 4.57 Å².